The fourth-order valence-electron chi connectivity index (χ4n) is 3.32. The molecule has 2 saturated heterocycles. The maximum absolute atomic E-state index is 12.7. The zero-order chi connectivity index (χ0) is 16.5. The zero-order valence-electron chi connectivity index (χ0n) is 13.5. The van der Waals surface area contributed by atoms with E-state index in [9.17, 15) is 8.42 Å². The number of sulfonamides is 1. The standard InChI is InChI=1S/C16H23NO5S/c1-12-9-14(20-2)3-4-15(12)23(18,19)17-13-5-7-22-16(10-13)6-8-21-11-16/h3-4,9,13,17H,5-8,10-11H2,1-2H3/t13-,16-/m0/s1. The summed E-state index contributed by atoms with van der Waals surface area (Å²) in [5, 5.41) is 0. The van der Waals surface area contributed by atoms with Crippen molar-refractivity contribution in [3.63, 3.8) is 0 Å². The van der Waals surface area contributed by atoms with Crippen LogP contribution in [-0.4, -0.2) is 47.0 Å². The fourth-order valence-corrected chi connectivity index (χ4v) is 4.82. The molecule has 0 aliphatic carbocycles. The van der Waals surface area contributed by atoms with E-state index in [1.165, 1.54) is 0 Å². The van der Waals surface area contributed by atoms with Gasteiger partial charge in [0.25, 0.3) is 0 Å². The Hall–Kier alpha value is -1.15. The van der Waals surface area contributed by atoms with Crippen LogP contribution in [0.4, 0.5) is 0 Å². The molecule has 0 aromatic heterocycles. The van der Waals surface area contributed by atoms with Gasteiger partial charge in [0.05, 0.1) is 24.2 Å². The second-order valence-corrected chi connectivity index (χ2v) is 7.96. The SMILES string of the molecule is COc1ccc(S(=O)(=O)N[C@H]2CCO[C@@]3(CCOC3)C2)c(C)c1. The lowest BCUT2D eigenvalue weighted by molar-refractivity contribution is -0.0868. The Labute approximate surface area is 137 Å². The van der Waals surface area contributed by atoms with Crippen LogP contribution in [0.5, 0.6) is 5.75 Å². The second kappa shape index (κ2) is 6.39. The van der Waals surface area contributed by atoms with Crippen LogP contribution >= 0.6 is 0 Å². The van der Waals surface area contributed by atoms with Crippen molar-refractivity contribution in [2.24, 2.45) is 0 Å². The van der Waals surface area contributed by atoms with Crippen LogP contribution in [0, 0.1) is 6.92 Å². The first-order valence-electron chi connectivity index (χ1n) is 7.83. The van der Waals surface area contributed by atoms with Crippen molar-refractivity contribution in [1.29, 1.82) is 0 Å². The van der Waals surface area contributed by atoms with E-state index >= 15 is 0 Å². The summed E-state index contributed by atoms with van der Waals surface area (Å²) >= 11 is 0. The van der Waals surface area contributed by atoms with Crippen molar-refractivity contribution in [3.8, 4) is 5.75 Å². The van der Waals surface area contributed by atoms with E-state index in [-0.39, 0.29) is 11.6 Å². The predicted octanol–water partition coefficient (Wildman–Crippen LogP) is 1.62. The Bertz CT molecular complexity index is 667. The van der Waals surface area contributed by atoms with Gasteiger partial charge in [-0.2, -0.15) is 0 Å². The molecule has 2 atom stereocenters. The minimum absolute atomic E-state index is 0.128. The number of benzene rings is 1. The third kappa shape index (κ3) is 3.52. The molecule has 128 valence electrons. The van der Waals surface area contributed by atoms with E-state index in [0.717, 1.165) is 6.42 Å². The summed E-state index contributed by atoms with van der Waals surface area (Å²) in [6, 6.07) is 4.85. The monoisotopic (exact) mass is 341 g/mol. The highest BCUT2D eigenvalue weighted by Crippen LogP contribution is 2.33. The molecule has 1 N–H and O–H groups in total. The number of aryl methyl sites for hydroxylation is 1. The van der Waals surface area contributed by atoms with Crippen molar-refractivity contribution in [1.82, 2.24) is 4.72 Å². The van der Waals surface area contributed by atoms with Crippen molar-refractivity contribution < 1.29 is 22.6 Å². The minimum atomic E-state index is -3.56. The molecule has 2 heterocycles. The first-order valence-corrected chi connectivity index (χ1v) is 9.31. The van der Waals surface area contributed by atoms with E-state index < -0.39 is 10.0 Å². The molecule has 1 spiro atoms. The molecule has 0 saturated carbocycles. The van der Waals surface area contributed by atoms with Gasteiger partial charge in [-0.3, -0.25) is 0 Å². The Morgan fingerprint density at radius 3 is 2.83 bits per heavy atom. The van der Waals surface area contributed by atoms with E-state index in [1.807, 2.05) is 0 Å². The maximum atomic E-state index is 12.7. The smallest absolute Gasteiger partial charge is 0.241 e. The molecule has 2 aliphatic rings. The average Bonchev–Trinajstić information content (AvgIpc) is 2.94. The molecule has 6 nitrogen and oxygen atoms in total. The van der Waals surface area contributed by atoms with Gasteiger partial charge < -0.3 is 14.2 Å². The van der Waals surface area contributed by atoms with Crippen molar-refractivity contribution >= 4 is 10.0 Å². The summed E-state index contributed by atoms with van der Waals surface area (Å²) in [7, 11) is -2.00. The first-order chi connectivity index (χ1) is 10.9. The van der Waals surface area contributed by atoms with E-state index in [0.29, 0.717) is 48.9 Å². The Kier molecular flexibility index (Phi) is 4.64. The molecular formula is C16H23NO5S. The summed E-state index contributed by atoms with van der Waals surface area (Å²) in [5.74, 6) is 0.648. The summed E-state index contributed by atoms with van der Waals surface area (Å²) in [5.41, 5.74) is 0.350. The van der Waals surface area contributed by atoms with Gasteiger partial charge in [0.2, 0.25) is 10.0 Å². The van der Waals surface area contributed by atoms with E-state index in [2.05, 4.69) is 4.72 Å². The third-order valence-corrected chi connectivity index (χ3v) is 6.23. The number of nitrogens with one attached hydrogen (secondary N) is 1. The van der Waals surface area contributed by atoms with Gasteiger partial charge in [-0.15, -0.1) is 0 Å². The largest absolute Gasteiger partial charge is 0.497 e. The summed E-state index contributed by atoms with van der Waals surface area (Å²) in [6.07, 6.45) is 2.16. The lowest BCUT2D eigenvalue weighted by atomic mass is 9.90. The van der Waals surface area contributed by atoms with Gasteiger partial charge in [0.15, 0.2) is 0 Å². The summed E-state index contributed by atoms with van der Waals surface area (Å²) in [4.78, 5) is 0.293. The number of ether oxygens (including phenoxy) is 3. The van der Waals surface area contributed by atoms with Gasteiger partial charge in [0, 0.05) is 25.7 Å². The van der Waals surface area contributed by atoms with Crippen LogP contribution < -0.4 is 9.46 Å². The topological polar surface area (TPSA) is 73.9 Å². The highest BCUT2D eigenvalue weighted by Gasteiger charge is 2.42. The number of hydrogen-bond acceptors (Lipinski definition) is 5. The van der Waals surface area contributed by atoms with Gasteiger partial charge in [-0.1, -0.05) is 0 Å². The van der Waals surface area contributed by atoms with Crippen LogP contribution in [0.1, 0.15) is 24.8 Å². The van der Waals surface area contributed by atoms with E-state index in [1.54, 1.807) is 32.2 Å². The quantitative estimate of drug-likeness (QED) is 0.901. The van der Waals surface area contributed by atoms with Gasteiger partial charge in [-0.25, -0.2) is 13.1 Å². The maximum Gasteiger partial charge on any atom is 0.241 e. The summed E-state index contributed by atoms with van der Waals surface area (Å²) in [6.45, 7) is 3.55. The molecule has 3 rings (SSSR count). The molecule has 0 bridgehead atoms. The van der Waals surface area contributed by atoms with Crippen molar-refractivity contribution in [2.75, 3.05) is 26.9 Å². The molecule has 1 aromatic carbocycles. The Morgan fingerprint density at radius 1 is 1.35 bits per heavy atom. The first kappa shape index (κ1) is 16.7. The van der Waals surface area contributed by atoms with Crippen LogP contribution in [0.3, 0.4) is 0 Å². The average molecular weight is 341 g/mol. The Morgan fingerprint density at radius 2 is 2.17 bits per heavy atom. The summed E-state index contributed by atoms with van der Waals surface area (Å²) < 4.78 is 44.7. The molecule has 2 aliphatic heterocycles. The molecule has 23 heavy (non-hydrogen) atoms. The Balaban J connectivity index is 1.75. The molecule has 7 heteroatoms. The molecule has 0 unspecified atom stereocenters. The van der Waals surface area contributed by atoms with Crippen LogP contribution in [0.15, 0.2) is 23.1 Å². The van der Waals surface area contributed by atoms with Gasteiger partial charge >= 0.3 is 0 Å². The molecule has 2 fully saturated rings. The van der Waals surface area contributed by atoms with Gasteiger partial charge in [0.1, 0.15) is 5.75 Å². The predicted molar refractivity (Wildman–Crippen MR) is 85.2 cm³/mol. The van der Waals surface area contributed by atoms with Crippen LogP contribution in [0.25, 0.3) is 0 Å². The number of methoxy groups -OCH3 is 1. The lowest BCUT2D eigenvalue weighted by Gasteiger charge is -2.37. The third-order valence-electron chi connectivity index (χ3n) is 4.55. The van der Waals surface area contributed by atoms with E-state index in [4.69, 9.17) is 14.2 Å². The molecular weight excluding hydrogens is 318 g/mol. The van der Waals surface area contributed by atoms with Crippen molar-refractivity contribution in [3.05, 3.63) is 23.8 Å². The van der Waals surface area contributed by atoms with Crippen LogP contribution in [0.2, 0.25) is 0 Å². The minimum Gasteiger partial charge on any atom is -0.497 e. The molecule has 0 amide bonds. The highest BCUT2D eigenvalue weighted by atomic mass is 32.2. The second-order valence-electron chi connectivity index (χ2n) is 6.28. The highest BCUT2D eigenvalue weighted by molar-refractivity contribution is 7.89. The zero-order valence-corrected chi connectivity index (χ0v) is 14.3. The van der Waals surface area contributed by atoms with Crippen molar-refractivity contribution in [2.45, 2.75) is 42.7 Å². The van der Waals surface area contributed by atoms with Crippen LogP contribution in [-0.2, 0) is 19.5 Å². The fraction of sp³-hybridized carbons (Fsp3) is 0.625. The normalized spacial score (nSPS) is 28.2. The number of hydrogen-bond donors (Lipinski definition) is 1. The lowest BCUT2D eigenvalue weighted by Crippen LogP contribution is -2.49. The molecule has 1 aromatic rings. The number of rotatable bonds is 4. The van der Waals surface area contributed by atoms with Gasteiger partial charge in [-0.05, 0) is 43.5 Å². The molecule has 0 radical (unpaired) electrons.